The SMILES string of the molecule is CC(=O)Nc1ccc(N(C)c2ccnc(Nc3cccc(S(N)(=O)=O)c3)n2)cc1. The molecule has 0 saturated heterocycles. The molecule has 0 aliphatic carbocycles. The van der Waals surface area contributed by atoms with E-state index in [4.69, 9.17) is 5.14 Å². The smallest absolute Gasteiger partial charge is 0.238 e. The second-order valence-corrected chi connectivity index (χ2v) is 7.78. The van der Waals surface area contributed by atoms with E-state index < -0.39 is 10.0 Å². The van der Waals surface area contributed by atoms with E-state index in [-0.39, 0.29) is 10.8 Å². The second kappa shape index (κ2) is 8.25. The first-order chi connectivity index (χ1) is 13.7. The van der Waals surface area contributed by atoms with Gasteiger partial charge in [-0.1, -0.05) is 6.07 Å². The molecule has 1 aromatic heterocycles. The van der Waals surface area contributed by atoms with Crippen molar-refractivity contribution in [2.75, 3.05) is 22.6 Å². The lowest BCUT2D eigenvalue weighted by molar-refractivity contribution is -0.114. The van der Waals surface area contributed by atoms with Crippen molar-refractivity contribution in [3.8, 4) is 0 Å². The number of hydrogen-bond acceptors (Lipinski definition) is 7. The molecule has 29 heavy (non-hydrogen) atoms. The minimum atomic E-state index is -3.80. The van der Waals surface area contributed by atoms with Crippen molar-refractivity contribution in [2.45, 2.75) is 11.8 Å². The van der Waals surface area contributed by atoms with Gasteiger partial charge in [0.15, 0.2) is 0 Å². The first-order valence-electron chi connectivity index (χ1n) is 8.57. The highest BCUT2D eigenvalue weighted by Gasteiger charge is 2.10. The quantitative estimate of drug-likeness (QED) is 0.567. The zero-order chi connectivity index (χ0) is 21.0. The molecule has 1 amide bonds. The van der Waals surface area contributed by atoms with Gasteiger partial charge in [-0.2, -0.15) is 4.98 Å². The van der Waals surface area contributed by atoms with Gasteiger partial charge in [0.25, 0.3) is 0 Å². The molecule has 1 heterocycles. The molecular weight excluding hydrogens is 392 g/mol. The largest absolute Gasteiger partial charge is 0.329 e. The zero-order valence-electron chi connectivity index (χ0n) is 15.8. The number of hydrogen-bond donors (Lipinski definition) is 3. The summed E-state index contributed by atoms with van der Waals surface area (Å²) >= 11 is 0. The van der Waals surface area contributed by atoms with Crippen molar-refractivity contribution in [2.24, 2.45) is 5.14 Å². The second-order valence-electron chi connectivity index (χ2n) is 6.22. The average Bonchev–Trinajstić information content (AvgIpc) is 2.67. The van der Waals surface area contributed by atoms with Gasteiger partial charge in [0, 0.05) is 37.2 Å². The summed E-state index contributed by atoms with van der Waals surface area (Å²) in [5.41, 5.74) is 2.06. The molecule has 0 aliphatic rings. The molecule has 0 spiro atoms. The number of sulfonamides is 1. The van der Waals surface area contributed by atoms with Crippen LogP contribution in [0.4, 0.5) is 28.8 Å². The Morgan fingerprint density at radius 2 is 1.79 bits per heavy atom. The van der Waals surface area contributed by atoms with Crippen molar-refractivity contribution in [3.05, 3.63) is 60.8 Å². The normalized spacial score (nSPS) is 11.0. The molecule has 150 valence electrons. The van der Waals surface area contributed by atoms with Crippen LogP contribution in [0, 0.1) is 0 Å². The van der Waals surface area contributed by atoms with Gasteiger partial charge < -0.3 is 15.5 Å². The first-order valence-corrected chi connectivity index (χ1v) is 10.1. The van der Waals surface area contributed by atoms with Gasteiger partial charge in [-0.15, -0.1) is 0 Å². The third-order valence-corrected chi connectivity index (χ3v) is 4.89. The summed E-state index contributed by atoms with van der Waals surface area (Å²) < 4.78 is 23.0. The van der Waals surface area contributed by atoms with E-state index in [2.05, 4.69) is 20.6 Å². The maximum absolute atomic E-state index is 11.5. The fraction of sp³-hybridized carbons (Fsp3) is 0.105. The Morgan fingerprint density at radius 1 is 1.07 bits per heavy atom. The number of aromatic nitrogens is 2. The molecular formula is C19H20N6O3S. The number of carbonyl (C=O) groups is 1. The highest BCUT2D eigenvalue weighted by Crippen LogP contribution is 2.25. The summed E-state index contributed by atoms with van der Waals surface area (Å²) in [4.78, 5) is 21.6. The molecule has 0 aliphatic heterocycles. The van der Waals surface area contributed by atoms with Crippen LogP contribution < -0.4 is 20.7 Å². The maximum Gasteiger partial charge on any atom is 0.238 e. The summed E-state index contributed by atoms with van der Waals surface area (Å²) in [6.07, 6.45) is 1.59. The van der Waals surface area contributed by atoms with Crippen LogP contribution in [0.15, 0.2) is 65.7 Å². The van der Waals surface area contributed by atoms with Crippen molar-refractivity contribution >= 4 is 44.8 Å². The lowest BCUT2D eigenvalue weighted by Gasteiger charge is -2.19. The molecule has 3 rings (SSSR count). The molecule has 4 N–H and O–H groups in total. The molecule has 0 unspecified atom stereocenters. The number of nitrogens with two attached hydrogens (primary N) is 1. The van der Waals surface area contributed by atoms with Gasteiger partial charge in [-0.25, -0.2) is 18.5 Å². The average molecular weight is 412 g/mol. The lowest BCUT2D eigenvalue weighted by atomic mass is 10.2. The fourth-order valence-corrected chi connectivity index (χ4v) is 3.14. The van der Waals surface area contributed by atoms with Crippen LogP contribution in [0.2, 0.25) is 0 Å². The minimum Gasteiger partial charge on any atom is -0.329 e. The molecule has 0 radical (unpaired) electrons. The highest BCUT2D eigenvalue weighted by molar-refractivity contribution is 7.89. The number of amides is 1. The highest BCUT2D eigenvalue weighted by atomic mass is 32.2. The van der Waals surface area contributed by atoms with Crippen LogP contribution in [-0.4, -0.2) is 31.3 Å². The van der Waals surface area contributed by atoms with Gasteiger partial charge in [0.05, 0.1) is 4.90 Å². The molecule has 0 atom stereocenters. The molecule has 2 aromatic carbocycles. The Morgan fingerprint density at radius 3 is 2.45 bits per heavy atom. The number of primary sulfonamides is 1. The predicted octanol–water partition coefficient (Wildman–Crippen LogP) is 2.59. The molecule has 0 fully saturated rings. The van der Waals surface area contributed by atoms with Gasteiger partial charge in [-0.3, -0.25) is 4.79 Å². The van der Waals surface area contributed by atoms with E-state index in [9.17, 15) is 13.2 Å². The number of carbonyl (C=O) groups excluding carboxylic acids is 1. The fourth-order valence-electron chi connectivity index (χ4n) is 2.58. The van der Waals surface area contributed by atoms with Crippen molar-refractivity contribution < 1.29 is 13.2 Å². The molecule has 3 aromatic rings. The van der Waals surface area contributed by atoms with Crippen LogP contribution in [0.5, 0.6) is 0 Å². The Bertz CT molecular complexity index is 1130. The van der Waals surface area contributed by atoms with Crippen molar-refractivity contribution in [1.82, 2.24) is 9.97 Å². The van der Waals surface area contributed by atoms with Crippen LogP contribution >= 0.6 is 0 Å². The topological polar surface area (TPSA) is 130 Å². The van der Waals surface area contributed by atoms with Crippen LogP contribution in [-0.2, 0) is 14.8 Å². The van der Waals surface area contributed by atoms with Gasteiger partial charge in [0.2, 0.25) is 21.9 Å². The summed E-state index contributed by atoms with van der Waals surface area (Å²) in [6.45, 7) is 1.45. The number of anilines is 5. The monoisotopic (exact) mass is 412 g/mol. The number of rotatable bonds is 6. The predicted molar refractivity (Wildman–Crippen MR) is 112 cm³/mol. The summed E-state index contributed by atoms with van der Waals surface area (Å²) in [6, 6.07) is 15.1. The molecule has 9 nitrogen and oxygen atoms in total. The third kappa shape index (κ3) is 5.27. The standard InChI is InChI=1S/C19H20N6O3S/c1-13(26)22-14-6-8-16(9-7-14)25(2)18-10-11-21-19(24-18)23-15-4-3-5-17(12-15)29(20,27)28/h3-12H,1-2H3,(H,22,26)(H2,20,27,28)(H,21,23,24). The number of benzene rings is 2. The zero-order valence-corrected chi connectivity index (χ0v) is 16.6. The van der Waals surface area contributed by atoms with Crippen LogP contribution in [0.1, 0.15) is 6.92 Å². The Hall–Kier alpha value is -3.50. The van der Waals surface area contributed by atoms with E-state index in [1.165, 1.54) is 19.1 Å². The van der Waals surface area contributed by atoms with Crippen LogP contribution in [0.25, 0.3) is 0 Å². The van der Waals surface area contributed by atoms with Crippen molar-refractivity contribution in [3.63, 3.8) is 0 Å². The first kappa shape index (κ1) is 20.2. The molecule has 0 saturated carbocycles. The Labute approximate surface area is 168 Å². The van der Waals surface area contributed by atoms with E-state index >= 15 is 0 Å². The van der Waals surface area contributed by atoms with Crippen molar-refractivity contribution in [1.29, 1.82) is 0 Å². The van der Waals surface area contributed by atoms with Gasteiger partial charge in [-0.05, 0) is 48.5 Å². The maximum atomic E-state index is 11.5. The van der Waals surface area contributed by atoms with Gasteiger partial charge in [0.1, 0.15) is 5.82 Å². The molecule has 10 heteroatoms. The third-order valence-electron chi connectivity index (χ3n) is 3.98. The Kier molecular flexibility index (Phi) is 5.76. The van der Waals surface area contributed by atoms with Crippen LogP contribution in [0.3, 0.4) is 0 Å². The summed E-state index contributed by atoms with van der Waals surface area (Å²) in [7, 11) is -1.95. The molecule has 0 bridgehead atoms. The van der Waals surface area contributed by atoms with Gasteiger partial charge >= 0.3 is 0 Å². The number of nitrogens with one attached hydrogen (secondary N) is 2. The summed E-state index contributed by atoms with van der Waals surface area (Å²) in [5, 5.41) is 10.9. The Balaban J connectivity index is 1.79. The van der Waals surface area contributed by atoms with E-state index in [1.54, 1.807) is 36.5 Å². The minimum absolute atomic E-state index is 0.00460. The van der Waals surface area contributed by atoms with E-state index in [0.717, 1.165) is 5.69 Å². The lowest BCUT2D eigenvalue weighted by Crippen LogP contribution is -2.13. The van der Waals surface area contributed by atoms with E-state index in [1.807, 2.05) is 24.1 Å². The van der Waals surface area contributed by atoms with E-state index in [0.29, 0.717) is 23.1 Å². The summed E-state index contributed by atoms with van der Waals surface area (Å²) in [5.74, 6) is 0.789. The number of nitrogens with zero attached hydrogens (tertiary/aromatic N) is 3.